The summed E-state index contributed by atoms with van der Waals surface area (Å²) in [7, 11) is 0. The Morgan fingerprint density at radius 1 is 0.309 bits per heavy atom. The average molecular weight is 943 g/mol. The van der Waals surface area contributed by atoms with E-state index in [-0.39, 0.29) is 31.1 Å². The minimum Gasteiger partial charge on any atom is -0.462 e. The predicted molar refractivity (Wildman–Crippen MR) is 293 cm³/mol. The number of carbonyl (C=O) groups excluding carboxylic acids is 3. The fourth-order valence-corrected chi connectivity index (χ4v) is 7.33. The Morgan fingerprint density at radius 2 is 0.574 bits per heavy atom. The van der Waals surface area contributed by atoms with E-state index in [9.17, 15) is 14.4 Å². The standard InChI is InChI=1S/C62H102O6/c1-4-7-10-13-15-17-19-21-23-25-26-27-28-29-30-31-32-33-34-35-36-37-39-40-42-44-46-49-52-55-61(64)67-58-59(57-66-60(63)54-51-48-12-9-6-3)68-62(65)56-53-50-47-45-43-41-38-24-22-20-18-16-14-11-8-5-2/h7,10,15,17-18,20-21,23-24,26-27,29-30,32-33,35-36,38,59H,4-6,8-9,11-14,16,19,22,25,28,31,34,37,39-58H2,1-3H3/b10-7-,17-15-,20-18-,23-21-,27-26-,30-29-,33-32-,36-35-,38-24-. The van der Waals surface area contributed by atoms with E-state index in [0.29, 0.717) is 19.3 Å². The molecule has 0 spiro atoms. The summed E-state index contributed by atoms with van der Waals surface area (Å²) < 4.78 is 16.7. The Labute approximate surface area is 419 Å². The Bertz CT molecular complexity index is 1410. The normalized spacial score (nSPS) is 12.9. The van der Waals surface area contributed by atoms with Crippen LogP contribution in [-0.2, 0) is 28.6 Å². The Hall–Kier alpha value is -3.93. The number of hydrogen-bond donors (Lipinski definition) is 0. The van der Waals surface area contributed by atoms with Crippen molar-refractivity contribution in [2.45, 2.75) is 252 Å². The SMILES string of the molecule is CC/C=C\C/C=C\C/C=C\C/C=C\C/C=C\C/C=C\C/C=C\CCCCCCCCCC(=O)OCC(COC(=O)CCCCCCC)OC(=O)CCCCCCC/C=C\C/C=C\CCCCCC. The lowest BCUT2D eigenvalue weighted by Gasteiger charge is -2.18. The third-order valence-electron chi connectivity index (χ3n) is 11.5. The number of rotatable bonds is 49. The first-order chi connectivity index (χ1) is 33.5. The van der Waals surface area contributed by atoms with Gasteiger partial charge in [-0.1, -0.05) is 226 Å². The molecule has 0 heterocycles. The minimum absolute atomic E-state index is 0.0889. The lowest BCUT2D eigenvalue weighted by Crippen LogP contribution is -2.30. The molecule has 0 amide bonds. The van der Waals surface area contributed by atoms with Gasteiger partial charge in [0.25, 0.3) is 0 Å². The fourth-order valence-electron chi connectivity index (χ4n) is 7.33. The van der Waals surface area contributed by atoms with Crippen LogP contribution in [0.1, 0.15) is 245 Å². The van der Waals surface area contributed by atoms with Crippen LogP contribution in [0.3, 0.4) is 0 Å². The lowest BCUT2D eigenvalue weighted by atomic mass is 10.1. The van der Waals surface area contributed by atoms with Crippen molar-refractivity contribution in [3.8, 4) is 0 Å². The van der Waals surface area contributed by atoms with E-state index in [2.05, 4.69) is 130 Å². The molecule has 0 saturated heterocycles. The maximum Gasteiger partial charge on any atom is 0.306 e. The Balaban J connectivity index is 4.15. The quantitative estimate of drug-likeness (QED) is 0.0262. The van der Waals surface area contributed by atoms with Crippen molar-refractivity contribution in [3.63, 3.8) is 0 Å². The molecule has 0 aliphatic heterocycles. The van der Waals surface area contributed by atoms with Gasteiger partial charge in [-0.15, -0.1) is 0 Å². The van der Waals surface area contributed by atoms with Crippen molar-refractivity contribution < 1.29 is 28.6 Å². The summed E-state index contributed by atoms with van der Waals surface area (Å²) in [5.74, 6) is -0.931. The monoisotopic (exact) mass is 943 g/mol. The predicted octanol–water partition coefficient (Wildman–Crippen LogP) is 18.7. The highest BCUT2D eigenvalue weighted by Gasteiger charge is 2.19. The summed E-state index contributed by atoms with van der Waals surface area (Å²) >= 11 is 0. The van der Waals surface area contributed by atoms with Crippen LogP contribution >= 0.6 is 0 Å². The Morgan fingerprint density at radius 3 is 0.912 bits per heavy atom. The Kier molecular flexibility index (Phi) is 52.4. The second-order valence-corrected chi connectivity index (χ2v) is 18.1. The molecule has 1 unspecified atom stereocenters. The molecule has 0 aromatic heterocycles. The number of carbonyl (C=O) groups is 3. The number of hydrogen-bond acceptors (Lipinski definition) is 6. The molecule has 1 atom stereocenters. The lowest BCUT2D eigenvalue weighted by molar-refractivity contribution is -0.167. The van der Waals surface area contributed by atoms with Crippen LogP contribution in [-0.4, -0.2) is 37.2 Å². The minimum atomic E-state index is -0.787. The zero-order valence-electron chi connectivity index (χ0n) is 44.1. The van der Waals surface area contributed by atoms with Crippen molar-refractivity contribution in [2.75, 3.05) is 13.2 Å². The van der Waals surface area contributed by atoms with Gasteiger partial charge < -0.3 is 14.2 Å². The van der Waals surface area contributed by atoms with Gasteiger partial charge in [0.05, 0.1) is 0 Å². The topological polar surface area (TPSA) is 78.9 Å². The molecule has 0 fully saturated rings. The number of unbranched alkanes of at least 4 members (excludes halogenated alkanes) is 20. The van der Waals surface area contributed by atoms with Crippen molar-refractivity contribution in [3.05, 3.63) is 109 Å². The van der Waals surface area contributed by atoms with E-state index in [1.54, 1.807) is 0 Å². The first-order valence-electron chi connectivity index (χ1n) is 27.9. The molecule has 0 N–H and O–H groups in total. The van der Waals surface area contributed by atoms with Gasteiger partial charge >= 0.3 is 17.9 Å². The maximum atomic E-state index is 12.7. The van der Waals surface area contributed by atoms with Crippen molar-refractivity contribution >= 4 is 17.9 Å². The smallest absolute Gasteiger partial charge is 0.306 e. The van der Waals surface area contributed by atoms with Gasteiger partial charge in [0.15, 0.2) is 6.10 Å². The van der Waals surface area contributed by atoms with Crippen molar-refractivity contribution in [1.29, 1.82) is 0 Å². The van der Waals surface area contributed by atoms with Crippen molar-refractivity contribution in [2.24, 2.45) is 0 Å². The molecule has 68 heavy (non-hydrogen) atoms. The average Bonchev–Trinajstić information content (AvgIpc) is 3.34. The molecular formula is C62H102O6. The maximum absolute atomic E-state index is 12.7. The second kappa shape index (κ2) is 55.7. The largest absolute Gasteiger partial charge is 0.462 e. The van der Waals surface area contributed by atoms with Crippen LogP contribution in [0, 0.1) is 0 Å². The second-order valence-electron chi connectivity index (χ2n) is 18.1. The van der Waals surface area contributed by atoms with Gasteiger partial charge in [0, 0.05) is 19.3 Å². The number of ether oxygens (including phenoxy) is 3. The first kappa shape index (κ1) is 64.1. The van der Waals surface area contributed by atoms with Gasteiger partial charge in [-0.2, -0.15) is 0 Å². The third-order valence-corrected chi connectivity index (χ3v) is 11.5. The van der Waals surface area contributed by atoms with E-state index >= 15 is 0 Å². The zero-order chi connectivity index (χ0) is 49.3. The van der Waals surface area contributed by atoms with E-state index in [1.807, 2.05) is 0 Å². The summed E-state index contributed by atoms with van der Waals surface area (Å²) in [6.07, 6.45) is 75.5. The highest BCUT2D eigenvalue weighted by atomic mass is 16.6. The van der Waals surface area contributed by atoms with Gasteiger partial charge in [0.2, 0.25) is 0 Å². The highest BCUT2D eigenvalue weighted by Crippen LogP contribution is 2.13. The van der Waals surface area contributed by atoms with Crippen LogP contribution in [0.25, 0.3) is 0 Å². The molecule has 0 rings (SSSR count). The molecule has 0 aliphatic carbocycles. The first-order valence-corrected chi connectivity index (χ1v) is 27.9. The number of allylic oxidation sites excluding steroid dienone is 18. The zero-order valence-corrected chi connectivity index (χ0v) is 44.1. The fraction of sp³-hybridized carbons (Fsp3) is 0.661. The van der Waals surface area contributed by atoms with E-state index in [1.165, 1.54) is 64.2 Å². The van der Waals surface area contributed by atoms with Gasteiger partial charge in [-0.05, 0) is 109 Å². The molecule has 6 nitrogen and oxygen atoms in total. The van der Waals surface area contributed by atoms with Crippen LogP contribution in [0.2, 0.25) is 0 Å². The van der Waals surface area contributed by atoms with E-state index in [4.69, 9.17) is 14.2 Å². The molecular weight excluding hydrogens is 841 g/mol. The van der Waals surface area contributed by atoms with E-state index < -0.39 is 6.10 Å². The van der Waals surface area contributed by atoms with Crippen LogP contribution in [0.15, 0.2) is 109 Å². The third kappa shape index (κ3) is 53.0. The molecule has 0 aliphatic rings. The van der Waals surface area contributed by atoms with Crippen LogP contribution in [0.5, 0.6) is 0 Å². The van der Waals surface area contributed by atoms with Crippen LogP contribution < -0.4 is 0 Å². The molecule has 0 aromatic rings. The summed E-state index contributed by atoms with van der Waals surface area (Å²) in [5.41, 5.74) is 0. The number of esters is 3. The van der Waals surface area contributed by atoms with Gasteiger partial charge in [-0.25, -0.2) is 0 Å². The summed E-state index contributed by atoms with van der Waals surface area (Å²) in [6, 6.07) is 0. The molecule has 0 bridgehead atoms. The van der Waals surface area contributed by atoms with E-state index in [0.717, 1.165) is 141 Å². The summed E-state index contributed by atoms with van der Waals surface area (Å²) in [4.78, 5) is 37.7. The molecule has 0 radical (unpaired) electrons. The van der Waals surface area contributed by atoms with Crippen molar-refractivity contribution in [1.82, 2.24) is 0 Å². The van der Waals surface area contributed by atoms with Gasteiger partial charge in [-0.3, -0.25) is 14.4 Å². The molecule has 386 valence electrons. The van der Waals surface area contributed by atoms with Gasteiger partial charge in [0.1, 0.15) is 13.2 Å². The summed E-state index contributed by atoms with van der Waals surface area (Å²) in [5, 5.41) is 0. The molecule has 0 aromatic carbocycles. The molecule has 0 saturated carbocycles. The van der Waals surface area contributed by atoms with Crippen LogP contribution in [0.4, 0.5) is 0 Å². The highest BCUT2D eigenvalue weighted by molar-refractivity contribution is 5.71. The molecule has 6 heteroatoms. The summed E-state index contributed by atoms with van der Waals surface area (Å²) in [6.45, 7) is 6.39.